The number of carbonyl (C=O) groups excluding carboxylic acids is 2. The molecule has 0 saturated heterocycles. The van der Waals surface area contributed by atoms with Gasteiger partial charge in [-0.3, -0.25) is 18.6 Å². The smallest absolute Gasteiger partial charge is 0.456 e. The Labute approximate surface area is 489 Å². The minimum Gasteiger partial charge on any atom is -0.456 e. The van der Waals surface area contributed by atoms with Crippen molar-refractivity contribution in [2.45, 2.75) is 315 Å². The van der Waals surface area contributed by atoms with E-state index in [1.54, 1.807) is 0 Å². The average molecular weight is 1130 g/mol. The van der Waals surface area contributed by atoms with Crippen molar-refractivity contribution in [1.29, 1.82) is 0 Å². The van der Waals surface area contributed by atoms with Crippen LogP contribution in [0.4, 0.5) is 0 Å². The highest BCUT2D eigenvalue weighted by Crippen LogP contribution is 2.43. The standard InChI is InChI=1S/C69H127N2O7P/c1-7-10-13-16-19-22-25-28-30-32-34-35-37-39-41-44-47-50-53-56-59-62-69(73)78-67(60-57-54-51-48-45-42-27-24-21-18-15-12-9-3)66(65-77-79(74,75)76-64-63-71(4,5)6)70-68(72)61-58-55-52-49-46-43-40-38-36-33-31-29-26-23-20-17-14-11-8-2/h19-20,22-23,28-31,36,38,57,60,66-67H,7-18,21,24-27,32-35,37,39-56,58-59,61-65H2,1-6H3,(H-,70,72,74,75)/p+1/b22-19-,23-20-,30-28-,31-29-,38-36-,60-57+. The molecule has 0 fully saturated rings. The van der Waals surface area contributed by atoms with Crippen LogP contribution in [-0.4, -0.2) is 74.3 Å². The third-order valence-electron chi connectivity index (χ3n) is 14.6. The van der Waals surface area contributed by atoms with Crippen LogP contribution in [0.15, 0.2) is 72.9 Å². The van der Waals surface area contributed by atoms with Crippen LogP contribution in [0.2, 0.25) is 0 Å². The number of rotatable bonds is 60. The molecule has 460 valence electrons. The van der Waals surface area contributed by atoms with Crippen molar-refractivity contribution in [2.75, 3.05) is 40.9 Å². The van der Waals surface area contributed by atoms with Crippen LogP contribution < -0.4 is 5.32 Å². The molecule has 9 nitrogen and oxygen atoms in total. The Morgan fingerprint density at radius 2 is 0.772 bits per heavy atom. The minimum absolute atomic E-state index is 0.0354. The number of ether oxygens (including phenoxy) is 1. The van der Waals surface area contributed by atoms with Crippen molar-refractivity contribution in [2.24, 2.45) is 0 Å². The van der Waals surface area contributed by atoms with Gasteiger partial charge in [0.05, 0.1) is 33.8 Å². The molecule has 3 unspecified atom stereocenters. The number of quaternary nitrogens is 1. The molecule has 10 heteroatoms. The summed E-state index contributed by atoms with van der Waals surface area (Å²) in [6.45, 7) is 6.97. The zero-order chi connectivity index (χ0) is 57.9. The Hall–Kier alpha value is -2.55. The van der Waals surface area contributed by atoms with Crippen LogP contribution in [0.5, 0.6) is 0 Å². The number of phosphoric ester groups is 1. The molecule has 0 bridgehead atoms. The van der Waals surface area contributed by atoms with Crippen molar-refractivity contribution in [3.05, 3.63) is 72.9 Å². The summed E-state index contributed by atoms with van der Waals surface area (Å²) >= 11 is 0. The minimum atomic E-state index is -4.46. The molecular weight excluding hydrogens is 1000 g/mol. The van der Waals surface area contributed by atoms with Crippen LogP contribution in [0.1, 0.15) is 303 Å². The fourth-order valence-electron chi connectivity index (χ4n) is 9.45. The normalized spacial score (nSPS) is 14.1. The Bertz CT molecular complexity index is 1580. The molecule has 0 aromatic rings. The van der Waals surface area contributed by atoms with Gasteiger partial charge in [0, 0.05) is 12.8 Å². The van der Waals surface area contributed by atoms with E-state index in [1.807, 2.05) is 33.3 Å². The summed E-state index contributed by atoms with van der Waals surface area (Å²) in [6.07, 6.45) is 76.1. The summed E-state index contributed by atoms with van der Waals surface area (Å²) in [7, 11) is 1.49. The summed E-state index contributed by atoms with van der Waals surface area (Å²) in [5.41, 5.74) is 0. The largest absolute Gasteiger partial charge is 0.472 e. The molecule has 79 heavy (non-hydrogen) atoms. The summed E-state index contributed by atoms with van der Waals surface area (Å²) in [6, 6.07) is -0.859. The number of phosphoric acid groups is 1. The third kappa shape index (κ3) is 59.9. The van der Waals surface area contributed by atoms with Gasteiger partial charge in [0.15, 0.2) is 0 Å². The Morgan fingerprint density at radius 1 is 0.443 bits per heavy atom. The van der Waals surface area contributed by atoms with E-state index in [4.69, 9.17) is 13.8 Å². The molecule has 0 aliphatic carbocycles. The van der Waals surface area contributed by atoms with Gasteiger partial charge in [-0.1, -0.05) is 261 Å². The van der Waals surface area contributed by atoms with Gasteiger partial charge in [-0.05, 0) is 102 Å². The number of carbonyl (C=O) groups is 2. The number of nitrogens with zero attached hydrogens (tertiary/aromatic N) is 1. The molecule has 0 aliphatic heterocycles. The van der Waals surface area contributed by atoms with Gasteiger partial charge in [-0.2, -0.15) is 0 Å². The van der Waals surface area contributed by atoms with Crippen molar-refractivity contribution in [3.8, 4) is 0 Å². The van der Waals surface area contributed by atoms with Gasteiger partial charge in [0.1, 0.15) is 19.3 Å². The second-order valence-corrected chi connectivity index (χ2v) is 25.1. The molecule has 0 spiro atoms. The summed E-state index contributed by atoms with van der Waals surface area (Å²) < 4.78 is 30.8. The first-order chi connectivity index (χ1) is 38.4. The number of nitrogens with one attached hydrogen (secondary N) is 1. The highest BCUT2D eigenvalue weighted by molar-refractivity contribution is 7.47. The fraction of sp³-hybridized carbons (Fsp3) is 0.797. The number of amides is 1. The van der Waals surface area contributed by atoms with E-state index in [0.29, 0.717) is 17.4 Å². The van der Waals surface area contributed by atoms with Gasteiger partial charge < -0.3 is 19.4 Å². The van der Waals surface area contributed by atoms with Crippen molar-refractivity contribution >= 4 is 19.7 Å². The second kappa shape index (κ2) is 58.6. The first kappa shape index (κ1) is 76.5. The van der Waals surface area contributed by atoms with Crippen molar-refractivity contribution < 1.29 is 37.3 Å². The van der Waals surface area contributed by atoms with Crippen LogP contribution >= 0.6 is 7.82 Å². The number of unbranched alkanes of at least 4 members (excludes halogenated alkanes) is 34. The van der Waals surface area contributed by atoms with Gasteiger partial charge in [-0.25, -0.2) is 4.57 Å². The molecule has 0 heterocycles. The van der Waals surface area contributed by atoms with Gasteiger partial charge in [0.25, 0.3) is 0 Å². The maximum Gasteiger partial charge on any atom is 0.472 e. The Morgan fingerprint density at radius 3 is 1.18 bits per heavy atom. The molecule has 1 amide bonds. The first-order valence-corrected chi connectivity index (χ1v) is 34.8. The number of hydrogen-bond donors (Lipinski definition) is 2. The highest BCUT2D eigenvalue weighted by atomic mass is 31.2. The number of likely N-dealkylation sites (N-methyl/N-ethyl adjacent to an activating group) is 1. The lowest BCUT2D eigenvalue weighted by molar-refractivity contribution is -0.870. The monoisotopic (exact) mass is 1130 g/mol. The van der Waals surface area contributed by atoms with Crippen molar-refractivity contribution in [1.82, 2.24) is 5.32 Å². The van der Waals surface area contributed by atoms with Crippen molar-refractivity contribution in [3.63, 3.8) is 0 Å². The Balaban J connectivity index is 5.23. The lowest BCUT2D eigenvalue weighted by atomic mass is 10.0. The molecular formula is C69H128N2O7P+. The molecule has 2 N–H and O–H groups in total. The van der Waals surface area contributed by atoms with Crippen LogP contribution in [0, 0.1) is 0 Å². The van der Waals surface area contributed by atoms with Gasteiger partial charge >= 0.3 is 13.8 Å². The number of hydrogen-bond acceptors (Lipinski definition) is 6. The Kier molecular flexibility index (Phi) is 56.7. The van der Waals surface area contributed by atoms with E-state index in [1.165, 1.54) is 180 Å². The summed E-state index contributed by atoms with van der Waals surface area (Å²) in [5.74, 6) is -0.516. The van der Waals surface area contributed by atoms with E-state index in [-0.39, 0.29) is 31.5 Å². The zero-order valence-corrected chi connectivity index (χ0v) is 53.5. The van der Waals surface area contributed by atoms with E-state index >= 15 is 0 Å². The fourth-order valence-corrected chi connectivity index (χ4v) is 10.2. The molecule has 3 atom stereocenters. The van der Waals surface area contributed by atoms with Crippen LogP contribution in [0.3, 0.4) is 0 Å². The summed E-state index contributed by atoms with van der Waals surface area (Å²) in [4.78, 5) is 37.8. The van der Waals surface area contributed by atoms with E-state index < -0.39 is 20.0 Å². The predicted molar refractivity (Wildman–Crippen MR) is 341 cm³/mol. The molecule has 0 saturated carbocycles. The van der Waals surface area contributed by atoms with E-state index in [9.17, 15) is 19.0 Å². The van der Waals surface area contributed by atoms with E-state index in [0.717, 1.165) is 89.9 Å². The quantitative estimate of drug-likeness (QED) is 0.0205. The van der Waals surface area contributed by atoms with Crippen LogP contribution in [-0.2, 0) is 27.9 Å². The zero-order valence-electron chi connectivity index (χ0n) is 52.6. The number of allylic oxidation sites excluding steroid dienone is 11. The van der Waals surface area contributed by atoms with E-state index in [2.05, 4.69) is 86.8 Å². The SMILES string of the molecule is CCCCC/C=C\C/C=C\C/C=C\CCCCCCCCC(=O)NC(COP(=O)(O)OCC[N+](C)(C)C)C(/C=C/CCCCCCCCCCCCC)OC(=O)CCCCCCCCCCCCC/C=C\C/C=C\CCCCC. The summed E-state index contributed by atoms with van der Waals surface area (Å²) in [5, 5.41) is 3.06. The average Bonchev–Trinajstić information content (AvgIpc) is 3.41. The maximum absolute atomic E-state index is 13.6. The molecule has 0 radical (unpaired) electrons. The predicted octanol–water partition coefficient (Wildman–Crippen LogP) is 20.8. The maximum atomic E-state index is 13.6. The molecule has 0 aromatic heterocycles. The van der Waals surface area contributed by atoms with Crippen LogP contribution in [0.25, 0.3) is 0 Å². The highest BCUT2D eigenvalue weighted by Gasteiger charge is 2.30. The lowest BCUT2D eigenvalue weighted by Gasteiger charge is -2.27. The second-order valence-electron chi connectivity index (χ2n) is 23.6. The molecule has 0 aromatic carbocycles. The number of esters is 1. The molecule has 0 rings (SSSR count). The molecule has 0 aliphatic rings. The first-order valence-electron chi connectivity index (χ1n) is 33.3. The third-order valence-corrected chi connectivity index (χ3v) is 15.6. The van der Waals surface area contributed by atoms with Gasteiger partial charge in [0.2, 0.25) is 5.91 Å². The topological polar surface area (TPSA) is 111 Å². The lowest BCUT2D eigenvalue weighted by Crippen LogP contribution is -2.47. The van der Waals surface area contributed by atoms with Gasteiger partial charge in [-0.15, -0.1) is 0 Å².